The molecule has 0 unspecified atom stereocenters. The molecule has 0 amide bonds. The average molecular weight is 346 g/mol. The van der Waals surface area contributed by atoms with Crippen molar-refractivity contribution >= 4 is 32.9 Å². The topological polar surface area (TPSA) is 43.8 Å². The van der Waals surface area contributed by atoms with Crippen LogP contribution >= 0.6 is 15.9 Å². The molecule has 0 radical (unpaired) electrons. The Hall–Kier alpha value is -1.88. The second kappa shape index (κ2) is 4.56. The minimum absolute atomic E-state index is 0.241. The van der Waals surface area contributed by atoms with E-state index in [4.69, 9.17) is 5.73 Å². The fraction of sp³-hybridized carbons (Fsp3) is 0.188. The number of hydrogen-bond donors (Lipinski definition) is 1. The molecule has 0 aliphatic heterocycles. The Bertz CT molecular complexity index is 831. The van der Waals surface area contributed by atoms with Crippen molar-refractivity contribution in [2.24, 2.45) is 0 Å². The van der Waals surface area contributed by atoms with Crippen LogP contribution in [0.2, 0.25) is 0 Å². The number of imidazole rings is 1. The van der Waals surface area contributed by atoms with Gasteiger partial charge in [-0.3, -0.25) is 0 Å². The predicted octanol–water partition coefficient (Wildman–Crippen LogP) is 3.86. The smallest absolute Gasteiger partial charge is 0.201 e. The van der Waals surface area contributed by atoms with Gasteiger partial charge in [0, 0.05) is 12.1 Å². The number of anilines is 1. The van der Waals surface area contributed by atoms with E-state index in [0.717, 1.165) is 18.4 Å². The highest BCUT2D eigenvalue weighted by Crippen LogP contribution is 2.35. The van der Waals surface area contributed by atoms with Crippen molar-refractivity contribution in [3.05, 3.63) is 57.8 Å². The summed E-state index contributed by atoms with van der Waals surface area (Å²) in [5.41, 5.74) is 10.3. The Morgan fingerprint density at radius 1 is 1.19 bits per heavy atom. The molecule has 0 saturated heterocycles. The van der Waals surface area contributed by atoms with Gasteiger partial charge in [-0.2, -0.15) is 0 Å². The van der Waals surface area contributed by atoms with Gasteiger partial charge in [-0.25, -0.2) is 9.37 Å². The highest BCUT2D eigenvalue weighted by molar-refractivity contribution is 9.10. The SMILES string of the molecule is Nc1nc2cc(F)c(Br)cc2n1C1Cc2ccccc2C1. The van der Waals surface area contributed by atoms with Gasteiger partial charge in [0.1, 0.15) is 5.82 Å². The summed E-state index contributed by atoms with van der Waals surface area (Å²) in [5, 5.41) is 0. The Morgan fingerprint density at radius 3 is 2.52 bits per heavy atom. The number of rotatable bonds is 1. The fourth-order valence-electron chi connectivity index (χ4n) is 3.21. The third kappa shape index (κ3) is 1.95. The summed E-state index contributed by atoms with van der Waals surface area (Å²) in [4.78, 5) is 4.30. The van der Waals surface area contributed by atoms with Crippen molar-refractivity contribution in [2.75, 3.05) is 5.73 Å². The molecule has 0 bridgehead atoms. The van der Waals surface area contributed by atoms with Crippen LogP contribution in [0.1, 0.15) is 17.2 Å². The Balaban J connectivity index is 1.85. The van der Waals surface area contributed by atoms with E-state index in [2.05, 4.69) is 45.2 Å². The first-order valence-electron chi connectivity index (χ1n) is 6.82. The highest BCUT2D eigenvalue weighted by Gasteiger charge is 2.26. The molecule has 5 heteroatoms. The first kappa shape index (κ1) is 12.8. The summed E-state index contributed by atoms with van der Waals surface area (Å²) in [6, 6.07) is 11.8. The van der Waals surface area contributed by atoms with Crippen molar-refractivity contribution in [1.82, 2.24) is 9.55 Å². The summed E-state index contributed by atoms with van der Waals surface area (Å²) in [6.07, 6.45) is 1.86. The lowest BCUT2D eigenvalue weighted by atomic mass is 10.1. The van der Waals surface area contributed by atoms with E-state index >= 15 is 0 Å². The van der Waals surface area contributed by atoms with Crippen molar-refractivity contribution in [3.8, 4) is 0 Å². The third-order valence-corrected chi connectivity index (χ3v) is 4.76. The molecule has 3 nitrogen and oxygen atoms in total. The number of fused-ring (bicyclic) bond motifs is 2. The Morgan fingerprint density at radius 2 is 1.86 bits per heavy atom. The molecular weight excluding hydrogens is 333 g/mol. The number of halogens is 2. The summed E-state index contributed by atoms with van der Waals surface area (Å²) in [5.74, 6) is 0.127. The van der Waals surface area contributed by atoms with Crippen LogP contribution in [0.4, 0.5) is 10.3 Å². The van der Waals surface area contributed by atoms with Crippen LogP contribution in [0, 0.1) is 5.82 Å². The largest absolute Gasteiger partial charge is 0.369 e. The molecule has 1 aliphatic rings. The van der Waals surface area contributed by atoms with E-state index in [0.29, 0.717) is 15.9 Å². The van der Waals surface area contributed by atoms with Gasteiger partial charge in [0.2, 0.25) is 5.95 Å². The van der Waals surface area contributed by atoms with Crippen LogP contribution in [0.15, 0.2) is 40.9 Å². The average Bonchev–Trinajstić information content (AvgIpc) is 2.99. The van der Waals surface area contributed by atoms with Crippen LogP contribution in [-0.2, 0) is 12.8 Å². The van der Waals surface area contributed by atoms with Crippen LogP contribution in [0.3, 0.4) is 0 Å². The number of benzene rings is 2. The Labute approximate surface area is 129 Å². The van der Waals surface area contributed by atoms with Gasteiger partial charge in [0.25, 0.3) is 0 Å². The van der Waals surface area contributed by atoms with Gasteiger partial charge in [-0.05, 0) is 46.0 Å². The van der Waals surface area contributed by atoms with Gasteiger partial charge in [-0.1, -0.05) is 24.3 Å². The highest BCUT2D eigenvalue weighted by atomic mass is 79.9. The lowest BCUT2D eigenvalue weighted by Gasteiger charge is -2.14. The first-order valence-corrected chi connectivity index (χ1v) is 7.62. The van der Waals surface area contributed by atoms with E-state index < -0.39 is 0 Å². The zero-order valence-electron chi connectivity index (χ0n) is 11.2. The number of aromatic nitrogens is 2. The lowest BCUT2D eigenvalue weighted by Crippen LogP contribution is -2.12. The molecular formula is C16H13BrFN3. The van der Waals surface area contributed by atoms with Gasteiger partial charge in [-0.15, -0.1) is 0 Å². The molecule has 4 rings (SSSR count). The summed E-state index contributed by atoms with van der Waals surface area (Å²) in [7, 11) is 0. The molecule has 0 spiro atoms. The third-order valence-electron chi connectivity index (χ3n) is 4.15. The van der Waals surface area contributed by atoms with E-state index in [1.807, 2.05) is 4.57 Å². The van der Waals surface area contributed by atoms with Crippen LogP contribution in [-0.4, -0.2) is 9.55 Å². The van der Waals surface area contributed by atoms with Crippen molar-refractivity contribution in [1.29, 1.82) is 0 Å². The molecule has 0 fully saturated rings. The quantitative estimate of drug-likeness (QED) is 0.727. The Kier molecular flexibility index (Phi) is 2.79. The molecule has 0 atom stereocenters. The molecule has 1 aromatic heterocycles. The first-order chi connectivity index (χ1) is 10.1. The monoisotopic (exact) mass is 345 g/mol. The minimum Gasteiger partial charge on any atom is -0.369 e. The zero-order chi connectivity index (χ0) is 14.6. The van der Waals surface area contributed by atoms with Gasteiger partial charge < -0.3 is 10.3 Å². The molecule has 106 valence electrons. The maximum absolute atomic E-state index is 13.6. The van der Waals surface area contributed by atoms with Gasteiger partial charge >= 0.3 is 0 Å². The number of nitrogen functional groups attached to an aromatic ring is 1. The van der Waals surface area contributed by atoms with Crippen LogP contribution < -0.4 is 5.73 Å². The molecule has 3 aromatic rings. The maximum atomic E-state index is 13.6. The second-order valence-corrected chi connectivity index (χ2v) is 6.28. The summed E-state index contributed by atoms with van der Waals surface area (Å²) < 4.78 is 16.1. The van der Waals surface area contributed by atoms with Crippen molar-refractivity contribution in [2.45, 2.75) is 18.9 Å². The fourth-order valence-corrected chi connectivity index (χ4v) is 3.54. The minimum atomic E-state index is -0.318. The van der Waals surface area contributed by atoms with Crippen LogP contribution in [0.5, 0.6) is 0 Å². The molecule has 1 aliphatic carbocycles. The lowest BCUT2D eigenvalue weighted by molar-refractivity contribution is 0.550. The normalized spacial score (nSPS) is 14.8. The van der Waals surface area contributed by atoms with Crippen molar-refractivity contribution < 1.29 is 4.39 Å². The van der Waals surface area contributed by atoms with E-state index in [1.54, 1.807) is 6.07 Å². The van der Waals surface area contributed by atoms with Crippen LogP contribution in [0.25, 0.3) is 11.0 Å². The molecule has 1 heterocycles. The molecule has 21 heavy (non-hydrogen) atoms. The van der Waals surface area contributed by atoms with Crippen molar-refractivity contribution in [3.63, 3.8) is 0 Å². The summed E-state index contributed by atoms with van der Waals surface area (Å²) >= 11 is 3.24. The van der Waals surface area contributed by atoms with E-state index in [-0.39, 0.29) is 11.9 Å². The number of nitrogens with two attached hydrogens (primary N) is 1. The molecule has 2 N–H and O–H groups in total. The molecule has 0 saturated carbocycles. The van der Waals surface area contributed by atoms with E-state index in [1.165, 1.54) is 17.2 Å². The van der Waals surface area contributed by atoms with Gasteiger partial charge in [0.05, 0.1) is 15.5 Å². The van der Waals surface area contributed by atoms with Gasteiger partial charge in [0.15, 0.2) is 0 Å². The predicted molar refractivity (Wildman–Crippen MR) is 84.7 cm³/mol. The zero-order valence-corrected chi connectivity index (χ0v) is 12.8. The van der Waals surface area contributed by atoms with E-state index in [9.17, 15) is 4.39 Å². The second-order valence-electron chi connectivity index (χ2n) is 5.43. The standard InChI is InChI=1S/C16H13BrFN3/c17-12-7-15-14(8-13(12)18)20-16(19)21(15)11-5-9-3-1-2-4-10(9)6-11/h1-4,7-8,11H,5-6H2,(H2,19,20). The molecule has 2 aromatic carbocycles. The maximum Gasteiger partial charge on any atom is 0.201 e. The number of hydrogen-bond acceptors (Lipinski definition) is 2. The summed E-state index contributed by atoms with van der Waals surface area (Å²) in [6.45, 7) is 0. The number of nitrogens with zero attached hydrogens (tertiary/aromatic N) is 2.